The lowest BCUT2D eigenvalue weighted by Gasteiger charge is -2.19. The molecular formula is C16H21N3O4S. The minimum Gasteiger partial charge on any atom is -0.491 e. The lowest BCUT2D eigenvalue weighted by molar-refractivity contribution is -0.117. The van der Waals surface area contributed by atoms with Gasteiger partial charge in [0.1, 0.15) is 5.75 Å². The number of rotatable bonds is 5. The van der Waals surface area contributed by atoms with Gasteiger partial charge in [-0.3, -0.25) is 9.10 Å². The molecule has 1 N–H and O–H groups in total. The van der Waals surface area contributed by atoms with E-state index in [0.29, 0.717) is 6.54 Å². The molecule has 1 aliphatic rings. The Labute approximate surface area is 142 Å². The molecule has 2 rings (SSSR count). The maximum atomic E-state index is 12.2. The van der Waals surface area contributed by atoms with Crippen LogP contribution in [0.5, 0.6) is 5.75 Å². The molecule has 0 bridgehead atoms. The molecule has 24 heavy (non-hydrogen) atoms. The predicted molar refractivity (Wildman–Crippen MR) is 91.9 cm³/mol. The van der Waals surface area contributed by atoms with E-state index in [0.717, 1.165) is 15.6 Å². The average Bonchev–Trinajstić information content (AvgIpc) is 2.49. The van der Waals surface area contributed by atoms with Crippen molar-refractivity contribution in [2.45, 2.75) is 33.4 Å². The second kappa shape index (κ2) is 7.04. The van der Waals surface area contributed by atoms with Gasteiger partial charge >= 0.3 is 10.2 Å². The van der Waals surface area contributed by atoms with Gasteiger partial charge in [0.15, 0.2) is 0 Å². The van der Waals surface area contributed by atoms with Crippen LogP contribution >= 0.6 is 0 Å². The van der Waals surface area contributed by atoms with Crippen LogP contribution in [0.2, 0.25) is 0 Å². The summed E-state index contributed by atoms with van der Waals surface area (Å²) in [5, 5.41) is 2.76. The summed E-state index contributed by atoms with van der Waals surface area (Å²) in [6.45, 7) is 5.72. The molecule has 0 unspecified atom stereocenters. The summed E-state index contributed by atoms with van der Waals surface area (Å²) >= 11 is 0. The molecule has 0 radical (unpaired) electrons. The number of amides is 1. The molecule has 1 aromatic carbocycles. The molecule has 0 atom stereocenters. The normalized spacial score (nSPS) is 16.5. The van der Waals surface area contributed by atoms with Crippen LogP contribution in [0.4, 0.5) is 0 Å². The van der Waals surface area contributed by atoms with Crippen LogP contribution < -0.4 is 10.1 Å². The summed E-state index contributed by atoms with van der Waals surface area (Å²) in [6, 6.07) is 7.42. The molecule has 130 valence electrons. The van der Waals surface area contributed by atoms with Gasteiger partial charge in [-0.1, -0.05) is 12.1 Å². The maximum absolute atomic E-state index is 12.2. The Hall–Kier alpha value is -2.35. The van der Waals surface area contributed by atoms with E-state index in [2.05, 4.69) is 9.71 Å². The van der Waals surface area contributed by atoms with Crippen LogP contribution in [0.1, 0.15) is 26.3 Å². The molecule has 1 aromatic rings. The van der Waals surface area contributed by atoms with E-state index in [4.69, 9.17) is 4.74 Å². The first kappa shape index (κ1) is 18.0. The second-order valence-electron chi connectivity index (χ2n) is 5.71. The van der Waals surface area contributed by atoms with Crippen molar-refractivity contribution < 1.29 is 17.9 Å². The Morgan fingerprint density at radius 2 is 1.92 bits per heavy atom. The molecule has 7 nitrogen and oxygen atoms in total. The quantitative estimate of drug-likeness (QED) is 0.873. The molecule has 1 aliphatic heterocycles. The minimum atomic E-state index is -3.71. The van der Waals surface area contributed by atoms with Gasteiger partial charge in [-0.05, 0) is 38.5 Å². The number of benzene rings is 1. The first-order valence-corrected chi connectivity index (χ1v) is 8.89. The van der Waals surface area contributed by atoms with Crippen LogP contribution in [-0.2, 0) is 21.5 Å². The monoisotopic (exact) mass is 351 g/mol. The van der Waals surface area contributed by atoms with Crippen molar-refractivity contribution in [3.05, 3.63) is 41.6 Å². The molecule has 0 saturated carbocycles. The van der Waals surface area contributed by atoms with Gasteiger partial charge < -0.3 is 10.1 Å². The van der Waals surface area contributed by atoms with Gasteiger partial charge in [-0.2, -0.15) is 8.42 Å². The molecular weight excluding hydrogens is 330 g/mol. The van der Waals surface area contributed by atoms with Crippen molar-refractivity contribution in [1.82, 2.24) is 9.62 Å². The highest BCUT2D eigenvalue weighted by Gasteiger charge is 2.25. The number of carbonyl (C=O) groups excluding carboxylic acids is 1. The van der Waals surface area contributed by atoms with Gasteiger partial charge in [0, 0.05) is 19.8 Å². The number of nitrogens with one attached hydrogen (secondary N) is 1. The largest absolute Gasteiger partial charge is 0.491 e. The van der Waals surface area contributed by atoms with Crippen LogP contribution in [0.15, 0.2) is 40.4 Å². The summed E-state index contributed by atoms with van der Waals surface area (Å²) in [6.07, 6.45) is 1.37. The smallest absolute Gasteiger partial charge is 0.344 e. The third kappa shape index (κ3) is 4.35. The van der Waals surface area contributed by atoms with E-state index >= 15 is 0 Å². The number of nitrogens with zero attached hydrogens (tertiary/aromatic N) is 2. The second-order valence-corrected chi connectivity index (χ2v) is 7.36. The summed E-state index contributed by atoms with van der Waals surface area (Å²) in [7, 11) is -2.37. The van der Waals surface area contributed by atoms with Gasteiger partial charge in [0.05, 0.1) is 17.4 Å². The van der Waals surface area contributed by atoms with E-state index in [1.807, 2.05) is 38.1 Å². The van der Waals surface area contributed by atoms with Crippen molar-refractivity contribution in [1.29, 1.82) is 0 Å². The molecule has 8 heteroatoms. The van der Waals surface area contributed by atoms with Crippen LogP contribution in [-0.4, -0.2) is 37.5 Å². The zero-order chi connectivity index (χ0) is 17.9. The first-order chi connectivity index (χ1) is 11.2. The summed E-state index contributed by atoms with van der Waals surface area (Å²) in [5.41, 5.74) is 1.31. The number of ether oxygens (including phenoxy) is 1. The summed E-state index contributed by atoms with van der Waals surface area (Å²) < 4.78 is 33.2. The topological polar surface area (TPSA) is 88.1 Å². The Bertz CT molecular complexity index is 780. The highest BCUT2D eigenvalue weighted by atomic mass is 32.2. The lowest BCUT2D eigenvalue weighted by atomic mass is 10.1. The van der Waals surface area contributed by atoms with E-state index < -0.39 is 10.2 Å². The molecule has 1 heterocycles. The standard InChI is InChI=1S/C16H21N3O4S/c1-11(2)23-14-7-5-13(6-8-14)9-17-16(20)15-10-19(4)24(21,22)18-12(15)3/h5-8,10-11H,9H2,1-4H3,(H,17,20). The van der Waals surface area contributed by atoms with Crippen molar-refractivity contribution in [2.24, 2.45) is 4.40 Å². The molecule has 0 spiro atoms. The number of hydrogen-bond donors (Lipinski definition) is 1. The molecule has 1 amide bonds. The van der Waals surface area contributed by atoms with Crippen LogP contribution in [0, 0.1) is 0 Å². The van der Waals surface area contributed by atoms with Crippen molar-refractivity contribution in [3.8, 4) is 5.75 Å². The lowest BCUT2D eigenvalue weighted by Crippen LogP contribution is -2.33. The van der Waals surface area contributed by atoms with Crippen molar-refractivity contribution >= 4 is 21.8 Å². The Balaban J connectivity index is 2.00. The zero-order valence-corrected chi connectivity index (χ0v) is 14.9. The van der Waals surface area contributed by atoms with E-state index in [-0.39, 0.29) is 23.3 Å². The van der Waals surface area contributed by atoms with Crippen LogP contribution in [0.25, 0.3) is 0 Å². The Morgan fingerprint density at radius 3 is 2.50 bits per heavy atom. The van der Waals surface area contributed by atoms with Crippen molar-refractivity contribution in [3.63, 3.8) is 0 Å². The molecule has 0 aliphatic carbocycles. The zero-order valence-electron chi connectivity index (χ0n) is 14.1. The highest BCUT2D eigenvalue weighted by molar-refractivity contribution is 7.88. The molecule has 0 aromatic heterocycles. The van der Waals surface area contributed by atoms with Crippen molar-refractivity contribution in [2.75, 3.05) is 7.05 Å². The fraction of sp³-hybridized carbons (Fsp3) is 0.375. The van der Waals surface area contributed by atoms with Gasteiger partial charge in [0.2, 0.25) is 0 Å². The average molecular weight is 351 g/mol. The van der Waals surface area contributed by atoms with Gasteiger partial charge in [-0.25, -0.2) is 0 Å². The molecule has 0 fully saturated rings. The highest BCUT2D eigenvalue weighted by Crippen LogP contribution is 2.16. The van der Waals surface area contributed by atoms with Gasteiger partial charge in [-0.15, -0.1) is 4.40 Å². The van der Waals surface area contributed by atoms with Gasteiger partial charge in [0.25, 0.3) is 5.91 Å². The van der Waals surface area contributed by atoms with E-state index in [1.54, 1.807) is 0 Å². The van der Waals surface area contributed by atoms with Crippen LogP contribution in [0.3, 0.4) is 0 Å². The predicted octanol–water partition coefficient (Wildman–Crippen LogP) is 1.62. The van der Waals surface area contributed by atoms with E-state index in [9.17, 15) is 13.2 Å². The number of hydrogen-bond acceptors (Lipinski definition) is 4. The summed E-state index contributed by atoms with van der Waals surface area (Å²) in [5.74, 6) is 0.394. The summed E-state index contributed by atoms with van der Waals surface area (Å²) in [4.78, 5) is 12.2. The van der Waals surface area contributed by atoms with E-state index in [1.165, 1.54) is 20.2 Å². The Morgan fingerprint density at radius 1 is 1.29 bits per heavy atom. The Kier molecular flexibility index (Phi) is 5.28. The third-order valence-electron chi connectivity index (χ3n) is 3.31. The SMILES string of the molecule is CC1=NS(=O)(=O)N(C)C=C1C(=O)NCc1ccc(OC(C)C)cc1. The maximum Gasteiger partial charge on any atom is 0.344 e. The number of carbonyl (C=O) groups is 1. The molecule has 0 saturated heterocycles. The fourth-order valence-electron chi connectivity index (χ4n) is 2.09. The first-order valence-electron chi connectivity index (χ1n) is 7.49. The fourth-order valence-corrected chi connectivity index (χ4v) is 2.90. The minimum absolute atomic E-state index is 0.101. The third-order valence-corrected chi connectivity index (χ3v) is 4.65.